The average molecular weight is 266 g/mol. The largest absolute Gasteiger partial charge is 0.486 e. The van der Waals surface area contributed by atoms with Crippen LogP contribution in [0.15, 0.2) is 36.4 Å². The quantitative estimate of drug-likeness (QED) is 0.735. The maximum atomic E-state index is 5.65. The highest BCUT2D eigenvalue weighted by molar-refractivity contribution is 5.80. The zero-order valence-electron chi connectivity index (χ0n) is 11.1. The number of benzene rings is 2. The molecule has 0 unspecified atom stereocenters. The van der Waals surface area contributed by atoms with Gasteiger partial charge in [0.15, 0.2) is 11.5 Å². The molecule has 4 rings (SSSR count). The Kier molecular flexibility index (Phi) is 2.42. The van der Waals surface area contributed by atoms with Crippen molar-refractivity contribution in [3.63, 3.8) is 0 Å². The highest BCUT2D eigenvalue weighted by Gasteiger charge is 2.16. The lowest BCUT2D eigenvalue weighted by atomic mass is 10.1. The lowest BCUT2D eigenvalue weighted by Crippen LogP contribution is -2.15. The van der Waals surface area contributed by atoms with E-state index >= 15 is 0 Å². The zero-order chi connectivity index (χ0) is 13.5. The van der Waals surface area contributed by atoms with E-state index in [-0.39, 0.29) is 0 Å². The van der Waals surface area contributed by atoms with Gasteiger partial charge in [-0.1, -0.05) is 12.1 Å². The number of hydrogen-bond donors (Lipinski definition) is 1. The Balaban J connectivity index is 1.88. The summed E-state index contributed by atoms with van der Waals surface area (Å²) in [6.45, 7) is 3.26. The van der Waals surface area contributed by atoms with Gasteiger partial charge in [0.25, 0.3) is 0 Å². The van der Waals surface area contributed by atoms with Crippen LogP contribution in [-0.2, 0) is 0 Å². The molecule has 2 heterocycles. The number of fused-ring (bicyclic) bond motifs is 2. The molecule has 1 aliphatic rings. The van der Waals surface area contributed by atoms with Crippen molar-refractivity contribution in [2.45, 2.75) is 6.92 Å². The van der Waals surface area contributed by atoms with E-state index in [1.807, 2.05) is 36.4 Å². The van der Waals surface area contributed by atoms with Gasteiger partial charge in [-0.25, -0.2) is 4.98 Å². The van der Waals surface area contributed by atoms with E-state index in [4.69, 9.17) is 9.47 Å². The first-order chi connectivity index (χ1) is 9.81. The standard InChI is InChI=1S/C16H14N2O2/c1-10-8-14-15(20-7-6-19-14)9-11(10)16-17-12-4-2-3-5-13(12)18-16/h2-5,8-9H,6-7H2,1H3,(H,17,18). The molecule has 0 saturated heterocycles. The normalized spacial score (nSPS) is 13.7. The van der Waals surface area contributed by atoms with Crippen LogP contribution in [-0.4, -0.2) is 23.2 Å². The number of H-pyrrole nitrogens is 1. The minimum absolute atomic E-state index is 0.593. The third kappa shape index (κ3) is 1.72. The summed E-state index contributed by atoms with van der Waals surface area (Å²) in [7, 11) is 0. The summed E-state index contributed by atoms with van der Waals surface area (Å²) in [5.74, 6) is 2.46. The molecule has 0 spiro atoms. The van der Waals surface area contributed by atoms with Crippen LogP contribution in [0, 0.1) is 6.92 Å². The van der Waals surface area contributed by atoms with E-state index in [1.165, 1.54) is 0 Å². The Morgan fingerprint density at radius 1 is 1.05 bits per heavy atom. The van der Waals surface area contributed by atoms with Crippen molar-refractivity contribution < 1.29 is 9.47 Å². The molecule has 0 bridgehead atoms. The Morgan fingerprint density at radius 2 is 1.80 bits per heavy atom. The van der Waals surface area contributed by atoms with Gasteiger partial charge >= 0.3 is 0 Å². The number of hydrogen-bond acceptors (Lipinski definition) is 3. The van der Waals surface area contributed by atoms with Gasteiger partial charge < -0.3 is 14.5 Å². The number of aromatic nitrogens is 2. The van der Waals surface area contributed by atoms with Gasteiger partial charge in [0, 0.05) is 5.56 Å². The second-order valence-corrected chi connectivity index (χ2v) is 4.91. The van der Waals surface area contributed by atoms with Crippen LogP contribution in [0.4, 0.5) is 0 Å². The highest BCUT2D eigenvalue weighted by atomic mass is 16.6. The van der Waals surface area contributed by atoms with E-state index < -0.39 is 0 Å². The van der Waals surface area contributed by atoms with E-state index in [1.54, 1.807) is 0 Å². The molecule has 4 nitrogen and oxygen atoms in total. The number of rotatable bonds is 1. The monoisotopic (exact) mass is 266 g/mol. The van der Waals surface area contributed by atoms with Gasteiger partial charge in [-0.3, -0.25) is 0 Å². The van der Waals surface area contributed by atoms with Crippen molar-refractivity contribution in [1.29, 1.82) is 0 Å². The minimum atomic E-state index is 0.593. The second kappa shape index (κ2) is 4.27. The summed E-state index contributed by atoms with van der Waals surface area (Å²) in [6, 6.07) is 12.0. The summed E-state index contributed by atoms with van der Waals surface area (Å²) in [5, 5.41) is 0. The Morgan fingerprint density at radius 3 is 2.60 bits per heavy atom. The molecule has 3 aromatic rings. The fraction of sp³-hybridized carbons (Fsp3) is 0.188. The van der Waals surface area contributed by atoms with Crippen LogP contribution in [0.1, 0.15) is 5.56 Å². The lowest BCUT2D eigenvalue weighted by molar-refractivity contribution is 0.171. The Labute approximate surface area is 116 Å². The molecule has 0 radical (unpaired) electrons. The number of para-hydroxylation sites is 2. The molecule has 1 aromatic heterocycles. The maximum Gasteiger partial charge on any atom is 0.162 e. The first kappa shape index (κ1) is 11.3. The van der Waals surface area contributed by atoms with Crippen molar-refractivity contribution in [3.05, 3.63) is 42.0 Å². The van der Waals surface area contributed by atoms with Crippen LogP contribution < -0.4 is 9.47 Å². The molecule has 2 aromatic carbocycles. The number of nitrogens with zero attached hydrogens (tertiary/aromatic N) is 1. The zero-order valence-corrected chi connectivity index (χ0v) is 11.1. The predicted octanol–water partition coefficient (Wildman–Crippen LogP) is 3.31. The predicted molar refractivity (Wildman–Crippen MR) is 77.3 cm³/mol. The molecule has 100 valence electrons. The smallest absolute Gasteiger partial charge is 0.162 e. The fourth-order valence-corrected chi connectivity index (χ4v) is 2.53. The van der Waals surface area contributed by atoms with Gasteiger partial charge in [-0.2, -0.15) is 0 Å². The molecule has 1 N–H and O–H groups in total. The molecule has 0 atom stereocenters. The SMILES string of the molecule is Cc1cc2c(cc1-c1nc3ccccc3[nH]1)OCCO2. The molecular weight excluding hydrogens is 252 g/mol. The van der Waals surface area contributed by atoms with Crippen LogP contribution in [0.2, 0.25) is 0 Å². The van der Waals surface area contributed by atoms with Crippen molar-refractivity contribution in [2.75, 3.05) is 13.2 Å². The van der Waals surface area contributed by atoms with Gasteiger partial charge in [0.2, 0.25) is 0 Å². The van der Waals surface area contributed by atoms with E-state index in [2.05, 4.69) is 16.9 Å². The molecule has 0 amide bonds. The van der Waals surface area contributed by atoms with Gasteiger partial charge in [-0.15, -0.1) is 0 Å². The van der Waals surface area contributed by atoms with Crippen molar-refractivity contribution in [1.82, 2.24) is 9.97 Å². The fourth-order valence-electron chi connectivity index (χ4n) is 2.53. The summed E-state index contributed by atoms with van der Waals surface area (Å²) >= 11 is 0. The third-order valence-electron chi connectivity index (χ3n) is 3.53. The molecule has 20 heavy (non-hydrogen) atoms. The molecule has 0 saturated carbocycles. The number of nitrogens with one attached hydrogen (secondary N) is 1. The Bertz CT molecular complexity index is 759. The molecule has 4 heteroatoms. The van der Waals surface area contributed by atoms with Crippen LogP contribution in [0.3, 0.4) is 0 Å². The summed E-state index contributed by atoms with van der Waals surface area (Å²) < 4.78 is 11.2. The number of aryl methyl sites for hydroxylation is 1. The molecule has 0 aliphatic carbocycles. The Hall–Kier alpha value is -2.49. The molecule has 0 fully saturated rings. The molecule has 1 aliphatic heterocycles. The van der Waals surface area contributed by atoms with Crippen molar-refractivity contribution >= 4 is 11.0 Å². The van der Waals surface area contributed by atoms with Gasteiger partial charge in [-0.05, 0) is 36.8 Å². The van der Waals surface area contributed by atoms with Crippen LogP contribution >= 0.6 is 0 Å². The first-order valence-electron chi connectivity index (χ1n) is 6.66. The number of aromatic amines is 1. The van der Waals surface area contributed by atoms with E-state index in [0.717, 1.165) is 39.5 Å². The first-order valence-corrected chi connectivity index (χ1v) is 6.66. The third-order valence-corrected chi connectivity index (χ3v) is 3.53. The topological polar surface area (TPSA) is 47.1 Å². The van der Waals surface area contributed by atoms with E-state index in [9.17, 15) is 0 Å². The van der Waals surface area contributed by atoms with Gasteiger partial charge in [0.1, 0.15) is 19.0 Å². The van der Waals surface area contributed by atoms with Gasteiger partial charge in [0.05, 0.1) is 11.0 Å². The summed E-state index contributed by atoms with van der Waals surface area (Å²) in [4.78, 5) is 7.99. The van der Waals surface area contributed by atoms with Crippen LogP contribution in [0.25, 0.3) is 22.4 Å². The molecular formula is C16H14N2O2. The summed E-state index contributed by atoms with van der Waals surface area (Å²) in [6.07, 6.45) is 0. The van der Waals surface area contributed by atoms with Crippen molar-refractivity contribution in [2.24, 2.45) is 0 Å². The highest BCUT2D eigenvalue weighted by Crippen LogP contribution is 2.36. The second-order valence-electron chi connectivity index (χ2n) is 4.91. The number of imidazole rings is 1. The van der Waals surface area contributed by atoms with E-state index in [0.29, 0.717) is 13.2 Å². The van der Waals surface area contributed by atoms with Crippen LogP contribution in [0.5, 0.6) is 11.5 Å². The van der Waals surface area contributed by atoms with Crippen molar-refractivity contribution in [3.8, 4) is 22.9 Å². The lowest BCUT2D eigenvalue weighted by Gasteiger charge is -2.19. The number of ether oxygens (including phenoxy) is 2. The average Bonchev–Trinajstić information content (AvgIpc) is 2.90. The maximum absolute atomic E-state index is 5.65. The minimum Gasteiger partial charge on any atom is -0.486 e. The summed E-state index contributed by atoms with van der Waals surface area (Å²) in [5.41, 5.74) is 4.17.